The van der Waals surface area contributed by atoms with Crippen molar-refractivity contribution in [2.24, 2.45) is 5.41 Å². The number of hydrogen-bond donors (Lipinski definition) is 2. The molecule has 0 atom stereocenters. The van der Waals surface area contributed by atoms with Gasteiger partial charge in [-0.3, -0.25) is 4.79 Å². The van der Waals surface area contributed by atoms with Gasteiger partial charge in [0.1, 0.15) is 0 Å². The van der Waals surface area contributed by atoms with Gasteiger partial charge in [0, 0.05) is 20.0 Å². The summed E-state index contributed by atoms with van der Waals surface area (Å²) in [5.41, 5.74) is 2.73. The smallest absolute Gasteiger partial charge is 0.219 e. The highest BCUT2D eigenvalue weighted by atomic mass is 16.6. The minimum absolute atomic E-state index is 0.0873. The van der Waals surface area contributed by atoms with Crippen molar-refractivity contribution >= 4 is 5.91 Å². The molecule has 0 saturated heterocycles. The summed E-state index contributed by atoms with van der Waals surface area (Å²) in [4.78, 5) is 16.1. The van der Waals surface area contributed by atoms with E-state index in [1.807, 2.05) is 6.92 Å². The summed E-state index contributed by atoms with van der Waals surface area (Å²) in [5, 5.41) is 2.85. The summed E-state index contributed by atoms with van der Waals surface area (Å²) < 4.78 is 0. The maximum Gasteiger partial charge on any atom is 0.219 e. The zero-order valence-corrected chi connectivity index (χ0v) is 9.64. The molecule has 0 heterocycles. The molecule has 0 unspecified atom stereocenters. The van der Waals surface area contributed by atoms with Crippen molar-refractivity contribution in [1.82, 2.24) is 10.8 Å². The Kier molecular flexibility index (Phi) is 6.49. The van der Waals surface area contributed by atoms with E-state index < -0.39 is 0 Å². The Morgan fingerprint density at radius 3 is 2.57 bits per heavy atom. The number of carbonyl (C=O) groups is 1. The van der Waals surface area contributed by atoms with Gasteiger partial charge < -0.3 is 10.2 Å². The molecule has 0 aliphatic heterocycles. The van der Waals surface area contributed by atoms with Crippen molar-refractivity contribution in [2.45, 2.75) is 33.6 Å². The van der Waals surface area contributed by atoms with Crippen LogP contribution in [0.25, 0.3) is 0 Å². The predicted molar refractivity (Wildman–Crippen MR) is 56.7 cm³/mol. The molecule has 0 aromatic carbocycles. The fraction of sp³-hybridized carbons (Fsp3) is 0.900. The molecule has 0 bridgehead atoms. The van der Waals surface area contributed by atoms with Crippen LogP contribution in [0.15, 0.2) is 0 Å². The molecule has 0 radical (unpaired) electrons. The van der Waals surface area contributed by atoms with Crippen LogP contribution in [0.3, 0.4) is 0 Å². The Hall–Kier alpha value is -0.610. The normalized spacial score (nSPS) is 11.4. The third-order valence-electron chi connectivity index (χ3n) is 2.05. The van der Waals surface area contributed by atoms with Crippen molar-refractivity contribution in [3.05, 3.63) is 0 Å². The van der Waals surface area contributed by atoms with E-state index in [2.05, 4.69) is 24.6 Å². The van der Waals surface area contributed by atoms with Crippen molar-refractivity contribution in [1.29, 1.82) is 0 Å². The first-order valence-corrected chi connectivity index (χ1v) is 5.07. The van der Waals surface area contributed by atoms with Gasteiger partial charge in [0.05, 0.1) is 6.61 Å². The predicted octanol–water partition coefficient (Wildman–Crippen LogP) is 1.08. The van der Waals surface area contributed by atoms with Crippen molar-refractivity contribution in [2.75, 3.05) is 20.2 Å². The van der Waals surface area contributed by atoms with Gasteiger partial charge in [0.25, 0.3) is 0 Å². The summed E-state index contributed by atoms with van der Waals surface area (Å²) in [5.74, 6) is 0.107. The van der Waals surface area contributed by atoms with Crippen molar-refractivity contribution in [3.63, 3.8) is 0 Å². The molecule has 0 aromatic heterocycles. The second-order valence-corrected chi connectivity index (χ2v) is 4.11. The molecule has 0 fully saturated rings. The van der Waals surface area contributed by atoms with E-state index in [0.717, 1.165) is 6.42 Å². The van der Waals surface area contributed by atoms with E-state index >= 15 is 0 Å². The molecular formula is C10H22N2O2. The van der Waals surface area contributed by atoms with Gasteiger partial charge in [-0.25, -0.2) is 5.48 Å². The first-order valence-electron chi connectivity index (χ1n) is 5.07. The van der Waals surface area contributed by atoms with Gasteiger partial charge in [-0.1, -0.05) is 20.8 Å². The van der Waals surface area contributed by atoms with E-state index in [-0.39, 0.29) is 11.3 Å². The van der Waals surface area contributed by atoms with Gasteiger partial charge in [-0.15, -0.1) is 0 Å². The van der Waals surface area contributed by atoms with Crippen LogP contribution in [-0.2, 0) is 9.63 Å². The average Bonchev–Trinajstić information content (AvgIpc) is 2.14. The third-order valence-corrected chi connectivity index (χ3v) is 2.05. The fourth-order valence-electron chi connectivity index (χ4n) is 1.01. The minimum Gasteiger partial charge on any atom is -0.356 e. The van der Waals surface area contributed by atoms with Crippen LogP contribution in [0, 0.1) is 5.41 Å². The monoisotopic (exact) mass is 202 g/mol. The summed E-state index contributed by atoms with van der Waals surface area (Å²) in [6.07, 6.45) is 1.47. The molecule has 14 heavy (non-hydrogen) atoms. The lowest BCUT2D eigenvalue weighted by atomic mass is 9.90. The highest BCUT2D eigenvalue weighted by Crippen LogP contribution is 2.19. The Labute approximate surface area is 86.4 Å². The molecule has 84 valence electrons. The summed E-state index contributed by atoms with van der Waals surface area (Å²) in [7, 11) is 1.74. The number of hydrogen-bond acceptors (Lipinski definition) is 3. The van der Waals surface area contributed by atoms with E-state index in [1.54, 1.807) is 7.05 Å². The third kappa shape index (κ3) is 6.86. The highest BCUT2D eigenvalue weighted by Gasteiger charge is 2.17. The quantitative estimate of drug-likeness (QED) is 0.607. The molecule has 0 aliphatic carbocycles. The van der Waals surface area contributed by atoms with Crippen LogP contribution in [0.5, 0.6) is 0 Å². The second kappa shape index (κ2) is 6.79. The molecule has 4 nitrogen and oxygen atoms in total. The number of rotatable bonds is 7. The molecule has 2 N–H and O–H groups in total. The zero-order valence-electron chi connectivity index (χ0n) is 9.64. The van der Waals surface area contributed by atoms with Crippen LogP contribution in [0.4, 0.5) is 0 Å². The molecule has 4 heteroatoms. The first kappa shape index (κ1) is 13.4. The van der Waals surface area contributed by atoms with E-state index in [1.165, 1.54) is 0 Å². The lowest BCUT2D eigenvalue weighted by molar-refractivity contribution is -0.120. The maximum absolute atomic E-state index is 11.0. The largest absolute Gasteiger partial charge is 0.356 e. The average molecular weight is 202 g/mol. The Morgan fingerprint density at radius 1 is 1.43 bits per heavy atom. The molecule has 0 spiro atoms. The van der Waals surface area contributed by atoms with Crippen LogP contribution < -0.4 is 10.8 Å². The summed E-state index contributed by atoms with van der Waals surface area (Å²) in [6, 6.07) is 0. The maximum atomic E-state index is 11.0. The molecule has 1 amide bonds. The molecule has 0 aromatic rings. The van der Waals surface area contributed by atoms with E-state index in [4.69, 9.17) is 4.84 Å². The SMILES string of the molecule is CCC(=O)NCCC(C)(C)CONC. The lowest BCUT2D eigenvalue weighted by Gasteiger charge is -2.23. The molecular weight excluding hydrogens is 180 g/mol. The van der Waals surface area contributed by atoms with Crippen molar-refractivity contribution < 1.29 is 9.63 Å². The van der Waals surface area contributed by atoms with Gasteiger partial charge in [0.15, 0.2) is 0 Å². The molecule has 0 rings (SSSR count). The first-order chi connectivity index (χ1) is 6.52. The number of carbonyl (C=O) groups excluding carboxylic acids is 1. The zero-order chi connectivity index (χ0) is 11.0. The Morgan fingerprint density at radius 2 is 2.07 bits per heavy atom. The number of hydroxylamine groups is 1. The van der Waals surface area contributed by atoms with Crippen LogP contribution in [0.1, 0.15) is 33.6 Å². The molecule has 0 saturated carbocycles. The van der Waals surface area contributed by atoms with Gasteiger partial charge in [-0.05, 0) is 11.8 Å². The van der Waals surface area contributed by atoms with Gasteiger partial charge in [-0.2, -0.15) is 0 Å². The lowest BCUT2D eigenvalue weighted by Crippen LogP contribution is -2.30. The summed E-state index contributed by atoms with van der Waals surface area (Å²) >= 11 is 0. The Balaban J connectivity index is 3.59. The molecule has 0 aliphatic rings. The van der Waals surface area contributed by atoms with Gasteiger partial charge >= 0.3 is 0 Å². The van der Waals surface area contributed by atoms with Crippen LogP contribution in [-0.4, -0.2) is 26.1 Å². The topological polar surface area (TPSA) is 50.4 Å². The van der Waals surface area contributed by atoms with E-state index in [0.29, 0.717) is 19.6 Å². The number of amides is 1. The van der Waals surface area contributed by atoms with Crippen molar-refractivity contribution in [3.8, 4) is 0 Å². The van der Waals surface area contributed by atoms with E-state index in [9.17, 15) is 4.79 Å². The highest BCUT2D eigenvalue weighted by molar-refractivity contribution is 5.75. The second-order valence-electron chi connectivity index (χ2n) is 4.11. The minimum atomic E-state index is 0.0873. The van der Waals surface area contributed by atoms with Gasteiger partial charge in [0.2, 0.25) is 5.91 Å². The number of nitrogens with one attached hydrogen (secondary N) is 2. The fourth-order valence-corrected chi connectivity index (χ4v) is 1.01. The van der Waals surface area contributed by atoms with Crippen LogP contribution >= 0.6 is 0 Å². The Bertz CT molecular complexity index is 170. The van der Waals surface area contributed by atoms with Crippen LogP contribution in [0.2, 0.25) is 0 Å². The standard InChI is InChI=1S/C10H22N2O2/c1-5-9(13)12-7-6-10(2,3)8-14-11-4/h11H,5-8H2,1-4H3,(H,12,13). The summed E-state index contributed by atoms with van der Waals surface area (Å²) in [6.45, 7) is 7.44.